The number of hydrogen-bond acceptors (Lipinski definition) is 7. The second-order valence-electron chi connectivity index (χ2n) is 5.16. The van der Waals surface area contributed by atoms with Gasteiger partial charge in [-0.15, -0.1) is 11.3 Å². The van der Waals surface area contributed by atoms with E-state index in [4.69, 9.17) is 5.84 Å². The normalized spacial score (nSPS) is 24.5. The van der Waals surface area contributed by atoms with E-state index in [9.17, 15) is 13.5 Å². The molecule has 2 aromatic rings. The number of anilines is 1. The molecular formula is C11H17N5O3S2. The number of hydrazine groups is 1. The highest BCUT2D eigenvalue weighted by atomic mass is 32.2. The number of nitrogens with zero attached hydrogens (tertiary/aromatic N) is 3. The van der Waals surface area contributed by atoms with Crippen molar-refractivity contribution in [1.82, 2.24) is 13.7 Å². The zero-order valence-electron chi connectivity index (χ0n) is 11.4. The summed E-state index contributed by atoms with van der Waals surface area (Å²) in [6, 6.07) is 0. The molecule has 1 saturated heterocycles. The second kappa shape index (κ2) is 5.21. The van der Waals surface area contributed by atoms with Crippen LogP contribution in [0.3, 0.4) is 0 Å². The smallest absolute Gasteiger partial charge is 0.263 e. The van der Waals surface area contributed by atoms with Crippen molar-refractivity contribution in [2.24, 2.45) is 11.8 Å². The Morgan fingerprint density at radius 2 is 2.33 bits per heavy atom. The topological polar surface area (TPSA) is 113 Å². The lowest BCUT2D eigenvalue weighted by Gasteiger charge is -2.33. The SMILES string of the molecule is CC1CCN(S(=O)(=O)c2c(NN)nc3sccn23)CC1O. The van der Waals surface area contributed by atoms with E-state index < -0.39 is 16.1 Å². The average molecular weight is 331 g/mol. The number of piperidine rings is 1. The van der Waals surface area contributed by atoms with E-state index in [1.165, 1.54) is 20.0 Å². The van der Waals surface area contributed by atoms with Crippen molar-refractivity contribution < 1.29 is 13.5 Å². The standard InChI is InChI=1S/C11H17N5O3S2/c1-7-2-3-15(6-8(7)17)21(18,19)10-9(14-12)13-11-16(10)4-5-20-11/h4-5,7-8,14,17H,2-3,6,12H2,1H3. The molecule has 0 saturated carbocycles. The van der Waals surface area contributed by atoms with Gasteiger partial charge in [0.05, 0.1) is 6.10 Å². The zero-order chi connectivity index (χ0) is 15.2. The van der Waals surface area contributed by atoms with Gasteiger partial charge in [0.25, 0.3) is 10.0 Å². The van der Waals surface area contributed by atoms with Crippen LogP contribution in [0.1, 0.15) is 13.3 Å². The van der Waals surface area contributed by atoms with Gasteiger partial charge in [-0.05, 0) is 12.3 Å². The van der Waals surface area contributed by atoms with Crippen molar-refractivity contribution in [2.45, 2.75) is 24.5 Å². The number of β-amino-alcohol motifs (C(OH)–C–C–N with tert-alkyl or cyclic N) is 1. The molecule has 2 unspecified atom stereocenters. The summed E-state index contributed by atoms with van der Waals surface area (Å²) < 4.78 is 28.5. The maximum absolute atomic E-state index is 12.9. The molecule has 2 aromatic heterocycles. The second-order valence-corrected chi connectivity index (χ2v) is 7.89. The first-order valence-corrected chi connectivity index (χ1v) is 8.87. The maximum atomic E-state index is 12.9. The van der Waals surface area contributed by atoms with Crippen LogP contribution < -0.4 is 11.3 Å². The van der Waals surface area contributed by atoms with E-state index in [1.807, 2.05) is 6.92 Å². The number of nitrogen functional groups attached to an aromatic ring is 1. The first-order valence-electron chi connectivity index (χ1n) is 6.55. The predicted molar refractivity (Wildman–Crippen MR) is 79.4 cm³/mol. The highest BCUT2D eigenvalue weighted by Gasteiger charge is 2.36. The number of thiazole rings is 1. The molecule has 3 rings (SSSR count). The summed E-state index contributed by atoms with van der Waals surface area (Å²) in [5.74, 6) is 5.61. The van der Waals surface area contributed by atoms with Gasteiger partial charge in [0, 0.05) is 24.7 Å². The van der Waals surface area contributed by atoms with Gasteiger partial charge in [-0.1, -0.05) is 6.92 Å². The molecular weight excluding hydrogens is 314 g/mol. The number of aromatic nitrogens is 2. The Kier molecular flexibility index (Phi) is 3.66. The Bertz CT molecular complexity index is 753. The van der Waals surface area contributed by atoms with E-state index in [-0.39, 0.29) is 23.3 Å². The number of sulfonamides is 1. The van der Waals surface area contributed by atoms with Crippen LogP contribution in [-0.2, 0) is 10.0 Å². The molecule has 21 heavy (non-hydrogen) atoms. The number of fused-ring (bicyclic) bond motifs is 1. The maximum Gasteiger partial charge on any atom is 0.263 e. The molecule has 1 fully saturated rings. The zero-order valence-corrected chi connectivity index (χ0v) is 13.1. The Labute approximate surface area is 126 Å². The minimum atomic E-state index is -3.78. The van der Waals surface area contributed by atoms with Gasteiger partial charge in [0.15, 0.2) is 10.8 Å². The van der Waals surface area contributed by atoms with E-state index in [0.29, 0.717) is 17.9 Å². The number of nitrogens with one attached hydrogen (secondary N) is 1. The summed E-state index contributed by atoms with van der Waals surface area (Å²) in [6.45, 7) is 2.38. The number of nitrogens with two attached hydrogens (primary N) is 1. The van der Waals surface area contributed by atoms with E-state index in [1.54, 1.807) is 11.6 Å². The Morgan fingerprint density at radius 1 is 1.57 bits per heavy atom. The molecule has 0 radical (unpaired) electrons. The predicted octanol–water partition coefficient (Wildman–Crippen LogP) is 0.0728. The molecule has 2 atom stereocenters. The van der Waals surface area contributed by atoms with Crippen molar-refractivity contribution in [3.63, 3.8) is 0 Å². The van der Waals surface area contributed by atoms with Gasteiger partial charge >= 0.3 is 0 Å². The van der Waals surface area contributed by atoms with Crippen LogP contribution in [0.25, 0.3) is 4.96 Å². The quantitative estimate of drug-likeness (QED) is 0.542. The largest absolute Gasteiger partial charge is 0.391 e. The number of aliphatic hydroxyl groups excluding tert-OH is 1. The molecule has 10 heteroatoms. The van der Waals surface area contributed by atoms with Crippen LogP contribution in [0, 0.1) is 5.92 Å². The number of imidazole rings is 1. The first-order chi connectivity index (χ1) is 9.95. The van der Waals surface area contributed by atoms with Gasteiger partial charge in [0.1, 0.15) is 0 Å². The third kappa shape index (κ3) is 2.32. The van der Waals surface area contributed by atoms with Crippen LogP contribution in [0.4, 0.5) is 5.82 Å². The minimum absolute atomic E-state index is 0.0167. The van der Waals surface area contributed by atoms with E-state index in [2.05, 4.69) is 10.4 Å². The van der Waals surface area contributed by atoms with Crippen LogP contribution in [0.5, 0.6) is 0 Å². The number of rotatable bonds is 3. The van der Waals surface area contributed by atoms with Gasteiger partial charge in [0.2, 0.25) is 5.03 Å². The van der Waals surface area contributed by atoms with Gasteiger partial charge in [-0.2, -0.15) is 9.29 Å². The molecule has 1 aliphatic rings. The first kappa shape index (κ1) is 14.7. The lowest BCUT2D eigenvalue weighted by Crippen LogP contribution is -2.46. The van der Waals surface area contributed by atoms with Crippen molar-refractivity contribution in [2.75, 3.05) is 18.5 Å². The van der Waals surface area contributed by atoms with Gasteiger partial charge in [-0.25, -0.2) is 14.3 Å². The summed E-state index contributed by atoms with van der Waals surface area (Å²) in [7, 11) is -3.78. The molecule has 0 aromatic carbocycles. The highest BCUT2D eigenvalue weighted by molar-refractivity contribution is 7.89. The minimum Gasteiger partial charge on any atom is -0.391 e. The van der Waals surface area contributed by atoms with Crippen LogP contribution >= 0.6 is 11.3 Å². The van der Waals surface area contributed by atoms with Crippen molar-refractivity contribution in [3.05, 3.63) is 11.6 Å². The van der Waals surface area contributed by atoms with E-state index in [0.717, 1.165) is 0 Å². The molecule has 3 heterocycles. The lowest BCUT2D eigenvalue weighted by atomic mass is 9.98. The molecule has 0 bridgehead atoms. The molecule has 4 N–H and O–H groups in total. The summed E-state index contributed by atoms with van der Waals surface area (Å²) in [6.07, 6.45) is 1.61. The third-order valence-electron chi connectivity index (χ3n) is 3.82. The monoisotopic (exact) mass is 331 g/mol. The van der Waals surface area contributed by atoms with E-state index >= 15 is 0 Å². The fourth-order valence-electron chi connectivity index (χ4n) is 2.47. The summed E-state index contributed by atoms with van der Waals surface area (Å²) in [5.41, 5.74) is 2.34. The Hall–Kier alpha value is -1.20. The van der Waals surface area contributed by atoms with Gasteiger partial charge < -0.3 is 10.5 Å². The Morgan fingerprint density at radius 3 is 3.00 bits per heavy atom. The average Bonchev–Trinajstić information content (AvgIpc) is 3.00. The summed E-state index contributed by atoms with van der Waals surface area (Å²) >= 11 is 1.33. The van der Waals surface area contributed by atoms with Gasteiger partial charge in [-0.3, -0.25) is 4.40 Å². The molecule has 116 valence electrons. The Balaban J connectivity index is 2.06. The highest BCUT2D eigenvalue weighted by Crippen LogP contribution is 2.30. The van der Waals surface area contributed by atoms with Crippen molar-refractivity contribution >= 4 is 32.1 Å². The molecule has 0 spiro atoms. The summed E-state index contributed by atoms with van der Waals surface area (Å²) in [5, 5.41) is 11.7. The molecule has 0 aliphatic carbocycles. The molecule has 8 nitrogen and oxygen atoms in total. The lowest BCUT2D eigenvalue weighted by molar-refractivity contribution is 0.0604. The summed E-state index contributed by atoms with van der Waals surface area (Å²) in [4.78, 5) is 4.71. The molecule has 0 amide bonds. The fourth-order valence-corrected chi connectivity index (χ4v) is 4.92. The van der Waals surface area contributed by atoms with Crippen molar-refractivity contribution in [1.29, 1.82) is 0 Å². The van der Waals surface area contributed by atoms with Crippen LogP contribution in [-0.4, -0.2) is 46.4 Å². The van der Waals surface area contributed by atoms with Crippen molar-refractivity contribution in [3.8, 4) is 0 Å². The molecule has 1 aliphatic heterocycles. The fraction of sp³-hybridized carbons (Fsp3) is 0.545. The van der Waals surface area contributed by atoms with Crippen LogP contribution in [0.15, 0.2) is 16.6 Å². The third-order valence-corrected chi connectivity index (χ3v) is 6.47. The van der Waals surface area contributed by atoms with Crippen LogP contribution in [0.2, 0.25) is 0 Å². The number of aliphatic hydroxyl groups is 1. The number of hydrogen-bond donors (Lipinski definition) is 3.